The summed E-state index contributed by atoms with van der Waals surface area (Å²) < 4.78 is 0.994. The molecular formula is C14H11BrN2O2. The highest BCUT2D eigenvalue weighted by molar-refractivity contribution is 9.10. The van der Waals surface area contributed by atoms with Gasteiger partial charge in [0.1, 0.15) is 0 Å². The fourth-order valence-corrected chi connectivity index (χ4v) is 1.76. The van der Waals surface area contributed by atoms with Gasteiger partial charge in [0, 0.05) is 4.47 Å². The maximum Gasteiger partial charge on any atom is 0.337 e. The summed E-state index contributed by atoms with van der Waals surface area (Å²) in [5.74, 6) is -0.984. The van der Waals surface area contributed by atoms with Gasteiger partial charge in [-0.3, -0.25) is 5.43 Å². The van der Waals surface area contributed by atoms with Gasteiger partial charge in [-0.1, -0.05) is 40.2 Å². The van der Waals surface area contributed by atoms with Gasteiger partial charge < -0.3 is 5.11 Å². The van der Waals surface area contributed by atoms with Crippen LogP contribution in [0.3, 0.4) is 0 Å². The van der Waals surface area contributed by atoms with Crippen molar-refractivity contribution in [1.29, 1.82) is 0 Å². The highest BCUT2D eigenvalue weighted by Crippen LogP contribution is 2.14. The molecule has 4 nitrogen and oxygen atoms in total. The van der Waals surface area contributed by atoms with Gasteiger partial charge in [0.15, 0.2) is 0 Å². The highest BCUT2D eigenvalue weighted by Gasteiger charge is 2.07. The Morgan fingerprint density at radius 2 is 1.84 bits per heavy atom. The molecule has 0 spiro atoms. The third-order valence-electron chi connectivity index (χ3n) is 2.43. The Bertz CT molecular complexity index is 609. The molecule has 2 N–H and O–H groups in total. The Kier molecular flexibility index (Phi) is 4.30. The summed E-state index contributed by atoms with van der Waals surface area (Å²) in [5, 5.41) is 13.0. The van der Waals surface area contributed by atoms with Gasteiger partial charge in [0.05, 0.1) is 17.5 Å². The van der Waals surface area contributed by atoms with Crippen molar-refractivity contribution in [2.45, 2.75) is 0 Å². The molecule has 0 saturated heterocycles. The number of nitrogens with one attached hydrogen (secondary N) is 1. The summed E-state index contributed by atoms with van der Waals surface area (Å²) in [4.78, 5) is 11.0. The van der Waals surface area contributed by atoms with Crippen LogP contribution in [0.5, 0.6) is 0 Å². The van der Waals surface area contributed by atoms with Crippen LogP contribution in [0.25, 0.3) is 0 Å². The summed E-state index contributed by atoms with van der Waals surface area (Å²) in [6, 6.07) is 14.2. The minimum atomic E-state index is -0.984. The molecule has 0 unspecified atom stereocenters. The number of anilines is 1. The van der Waals surface area contributed by atoms with Crippen molar-refractivity contribution >= 4 is 33.8 Å². The molecule has 0 radical (unpaired) electrons. The van der Waals surface area contributed by atoms with Crippen molar-refractivity contribution in [1.82, 2.24) is 0 Å². The topological polar surface area (TPSA) is 61.7 Å². The normalized spacial score (nSPS) is 10.6. The fraction of sp³-hybridized carbons (Fsp3) is 0. The van der Waals surface area contributed by atoms with E-state index in [1.54, 1.807) is 24.4 Å². The van der Waals surface area contributed by atoms with E-state index in [9.17, 15) is 4.79 Å². The molecule has 2 aromatic carbocycles. The third kappa shape index (κ3) is 3.66. The Balaban J connectivity index is 2.10. The van der Waals surface area contributed by atoms with Crippen LogP contribution in [0.2, 0.25) is 0 Å². The Morgan fingerprint density at radius 1 is 1.16 bits per heavy atom. The zero-order valence-corrected chi connectivity index (χ0v) is 11.5. The summed E-state index contributed by atoms with van der Waals surface area (Å²) >= 11 is 3.35. The van der Waals surface area contributed by atoms with Gasteiger partial charge in [-0.15, -0.1) is 0 Å². The number of carboxylic acid groups (broad SMARTS) is 1. The second kappa shape index (κ2) is 6.15. The van der Waals surface area contributed by atoms with Crippen LogP contribution in [0.1, 0.15) is 15.9 Å². The Hall–Kier alpha value is -2.14. The average Bonchev–Trinajstić information content (AvgIpc) is 2.41. The maximum absolute atomic E-state index is 11.0. The molecule has 0 heterocycles. The number of aromatic carboxylic acids is 1. The van der Waals surface area contributed by atoms with Crippen LogP contribution in [0, 0.1) is 0 Å². The molecule has 19 heavy (non-hydrogen) atoms. The van der Waals surface area contributed by atoms with Crippen molar-refractivity contribution in [3.8, 4) is 0 Å². The van der Waals surface area contributed by atoms with Crippen LogP contribution in [0.15, 0.2) is 58.1 Å². The van der Waals surface area contributed by atoms with Crippen LogP contribution in [-0.4, -0.2) is 17.3 Å². The van der Waals surface area contributed by atoms with Crippen LogP contribution in [0.4, 0.5) is 5.69 Å². The molecule has 2 rings (SSSR count). The molecule has 2 aromatic rings. The minimum Gasteiger partial charge on any atom is -0.478 e. The summed E-state index contributed by atoms with van der Waals surface area (Å²) in [5.41, 5.74) is 4.31. The number of rotatable bonds is 4. The van der Waals surface area contributed by atoms with E-state index in [-0.39, 0.29) is 5.56 Å². The number of hydrazone groups is 1. The molecule has 0 saturated carbocycles. The van der Waals surface area contributed by atoms with Gasteiger partial charge in [-0.25, -0.2) is 4.79 Å². The lowest BCUT2D eigenvalue weighted by Gasteiger charge is -2.04. The number of para-hydroxylation sites is 1. The van der Waals surface area contributed by atoms with Gasteiger partial charge in [-0.2, -0.15) is 5.10 Å². The van der Waals surface area contributed by atoms with E-state index < -0.39 is 5.97 Å². The second-order valence-electron chi connectivity index (χ2n) is 3.77. The summed E-state index contributed by atoms with van der Waals surface area (Å²) in [7, 11) is 0. The smallest absolute Gasteiger partial charge is 0.337 e. The first-order valence-electron chi connectivity index (χ1n) is 5.54. The van der Waals surface area contributed by atoms with Crippen molar-refractivity contribution in [2.75, 3.05) is 5.43 Å². The molecule has 0 bridgehead atoms. The first kappa shape index (κ1) is 13.3. The van der Waals surface area contributed by atoms with Gasteiger partial charge in [0.2, 0.25) is 0 Å². The quantitative estimate of drug-likeness (QED) is 0.669. The number of hydrogen-bond acceptors (Lipinski definition) is 3. The number of hydrogen-bond donors (Lipinski definition) is 2. The molecule has 0 aliphatic heterocycles. The molecule has 0 atom stereocenters. The van der Waals surface area contributed by atoms with Gasteiger partial charge >= 0.3 is 5.97 Å². The third-order valence-corrected chi connectivity index (χ3v) is 2.95. The van der Waals surface area contributed by atoms with E-state index in [1.165, 1.54) is 6.07 Å². The van der Waals surface area contributed by atoms with Crippen LogP contribution >= 0.6 is 15.9 Å². The predicted octanol–water partition coefficient (Wildman–Crippen LogP) is 3.59. The second-order valence-corrected chi connectivity index (χ2v) is 4.69. The first-order valence-corrected chi connectivity index (χ1v) is 6.33. The van der Waals surface area contributed by atoms with Gasteiger partial charge in [0.25, 0.3) is 0 Å². The first-order chi connectivity index (χ1) is 9.16. The number of carbonyl (C=O) groups is 1. The molecule has 0 fully saturated rings. The van der Waals surface area contributed by atoms with E-state index >= 15 is 0 Å². The van der Waals surface area contributed by atoms with Crippen LogP contribution < -0.4 is 5.43 Å². The van der Waals surface area contributed by atoms with E-state index in [4.69, 9.17) is 5.11 Å². The molecule has 0 aromatic heterocycles. The fourth-order valence-electron chi connectivity index (χ4n) is 1.49. The Morgan fingerprint density at radius 3 is 2.53 bits per heavy atom. The monoisotopic (exact) mass is 318 g/mol. The standard InChI is InChI=1S/C14H11BrN2O2/c15-11-7-5-10(6-8-11)9-16-17-13-4-2-1-3-12(13)14(18)19/h1-9,17H,(H,18,19). The van der Waals surface area contributed by atoms with E-state index in [2.05, 4.69) is 26.5 Å². The molecule has 0 aliphatic rings. The van der Waals surface area contributed by atoms with Gasteiger partial charge in [-0.05, 0) is 29.8 Å². The van der Waals surface area contributed by atoms with Crippen molar-refractivity contribution in [3.63, 3.8) is 0 Å². The van der Waals surface area contributed by atoms with E-state index in [1.807, 2.05) is 24.3 Å². The zero-order valence-electron chi connectivity index (χ0n) is 9.88. The average molecular weight is 319 g/mol. The number of benzene rings is 2. The zero-order chi connectivity index (χ0) is 13.7. The van der Waals surface area contributed by atoms with Crippen molar-refractivity contribution in [2.24, 2.45) is 5.10 Å². The predicted molar refractivity (Wildman–Crippen MR) is 78.8 cm³/mol. The van der Waals surface area contributed by atoms with Crippen molar-refractivity contribution < 1.29 is 9.90 Å². The largest absolute Gasteiger partial charge is 0.478 e. The summed E-state index contributed by atoms with van der Waals surface area (Å²) in [6.45, 7) is 0. The molecule has 5 heteroatoms. The lowest BCUT2D eigenvalue weighted by Crippen LogP contribution is -2.02. The summed E-state index contributed by atoms with van der Waals surface area (Å²) in [6.07, 6.45) is 1.63. The number of nitrogens with zero attached hydrogens (tertiary/aromatic N) is 1. The highest BCUT2D eigenvalue weighted by atomic mass is 79.9. The van der Waals surface area contributed by atoms with Crippen LogP contribution in [-0.2, 0) is 0 Å². The van der Waals surface area contributed by atoms with E-state index in [0.29, 0.717) is 5.69 Å². The minimum absolute atomic E-state index is 0.190. The molecule has 0 amide bonds. The maximum atomic E-state index is 11.0. The van der Waals surface area contributed by atoms with Crippen molar-refractivity contribution in [3.05, 3.63) is 64.1 Å². The lowest BCUT2D eigenvalue weighted by molar-refractivity contribution is 0.0698. The van der Waals surface area contributed by atoms with E-state index in [0.717, 1.165) is 10.0 Å². The molecule has 0 aliphatic carbocycles. The molecular weight excluding hydrogens is 308 g/mol. The lowest BCUT2D eigenvalue weighted by atomic mass is 10.2. The molecule has 96 valence electrons. The number of carboxylic acids is 1. The Labute approximate surface area is 118 Å². The number of halogens is 1. The SMILES string of the molecule is O=C(O)c1ccccc1NN=Cc1ccc(Br)cc1.